The molecule has 0 saturated heterocycles. The van der Waals surface area contributed by atoms with Gasteiger partial charge in [-0.05, 0) is 25.1 Å². The minimum Gasteiger partial charge on any atom is -0.494 e. The number of rotatable bonds is 7. The van der Waals surface area contributed by atoms with Gasteiger partial charge in [0.1, 0.15) is 0 Å². The third-order valence-corrected chi connectivity index (χ3v) is 4.86. The fourth-order valence-electron chi connectivity index (χ4n) is 3.38. The first-order valence-corrected chi connectivity index (χ1v) is 9.45. The zero-order valence-electron chi connectivity index (χ0n) is 17.3. The molecule has 0 aliphatic rings. The standard InChI is InChI=1S/C21H23N5O4/c1-5-26-14(12-28-2)9-19(24-26)25-11-17-15(21(25)27)6-7-16(23-17)13-8-18(29-3)20(30-4)22-10-13/h6-11,27H,5,12H2,1-4H3. The summed E-state index contributed by atoms with van der Waals surface area (Å²) in [6.07, 6.45) is 3.44. The molecule has 4 rings (SSSR count). The molecule has 4 aromatic heterocycles. The molecule has 4 aromatic rings. The molecule has 9 heteroatoms. The maximum atomic E-state index is 10.8. The van der Waals surface area contributed by atoms with Gasteiger partial charge in [-0.3, -0.25) is 9.25 Å². The van der Waals surface area contributed by atoms with Gasteiger partial charge in [0.2, 0.25) is 5.88 Å². The van der Waals surface area contributed by atoms with Gasteiger partial charge in [0.25, 0.3) is 5.88 Å². The third-order valence-electron chi connectivity index (χ3n) is 4.86. The number of methoxy groups -OCH3 is 3. The molecule has 0 aliphatic heterocycles. The van der Waals surface area contributed by atoms with Gasteiger partial charge >= 0.3 is 0 Å². The van der Waals surface area contributed by atoms with E-state index in [0.717, 1.165) is 11.3 Å². The van der Waals surface area contributed by atoms with Gasteiger partial charge in [0.05, 0.1) is 43.1 Å². The van der Waals surface area contributed by atoms with Crippen LogP contribution in [0.15, 0.2) is 36.7 Å². The lowest BCUT2D eigenvalue weighted by atomic mass is 10.1. The Kier molecular flexibility index (Phi) is 5.28. The number of pyridine rings is 2. The number of fused-ring (bicyclic) bond motifs is 1. The van der Waals surface area contributed by atoms with Crippen molar-refractivity contribution in [3.8, 4) is 34.6 Å². The first-order chi connectivity index (χ1) is 14.6. The van der Waals surface area contributed by atoms with Crippen LogP contribution in [0.4, 0.5) is 0 Å². The molecule has 0 fully saturated rings. The van der Waals surface area contributed by atoms with Crippen LogP contribution in [0, 0.1) is 0 Å². The van der Waals surface area contributed by atoms with Gasteiger partial charge in [-0.1, -0.05) is 0 Å². The Morgan fingerprint density at radius 3 is 2.63 bits per heavy atom. The topological polar surface area (TPSA) is 96.5 Å². The summed E-state index contributed by atoms with van der Waals surface area (Å²) < 4.78 is 19.2. The van der Waals surface area contributed by atoms with Crippen LogP contribution in [0.3, 0.4) is 0 Å². The van der Waals surface area contributed by atoms with Crippen molar-refractivity contribution in [1.82, 2.24) is 24.3 Å². The Balaban J connectivity index is 1.77. The van der Waals surface area contributed by atoms with Crippen molar-refractivity contribution >= 4 is 10.9 Å². The van der Waals surface area contributed by atoms with Gasteiger partial charge in [0.15, 0.2) is 11.6 Å². The summed E-state index contributed by atoms with van der Waals surface area (Å²) in [5.74, 6) is 1.62. The highest BCUT2D eigenvalue weighted by molar-refractivity contribution is 5.87. The molecule has 9 nitrogen and oxygen atoms in total. The van der Waals surface area contributed by atoms with E-state index in [0.29, 0.717) is 47.2 Å². The zero-order chi connectivity index (χ0) is 21.3. The molecule has 0 unspecified atom stereocenters. The highest BCUT2D eigenvalue weighted by Crippen LogP contribution is 2.33. The average molecular weight is 409 g/mol. The first kappa shape index (κ1) is 19.7. The maximum Gasteiger partial charge on any atom is 0.256 e. The molecule has 0 radical (unpaired) electrons. The van der Waals surface area contributed by atoms with E-state index in [1.807, 2.05) is 35.9 Å². The van der Waals surface area contributed by atoms with Crippen LogP contribution in [0.1, 0.15) is 12.6 Å². The van der Waals surface area contributed by atoms with Crippen LogP contribution < -0.4 is 9.47 Å². The number of hydrogen-bond donors (Lipinski definition) is 1. The van der Waals surface area contributed by atoms with Gasteiger partial charge < -0.3 is 19.3 Å². The predicted octanol–water partition coefficient (Wildman–Crippen LogP) is 3.17. The van der Waals surface area contributed by atoms with Gasteiger partial charge in [0, 0.05) is 37.7 Å². The average Bonchev–Trinajstić information content (AvgIpc) is 3.33. The number of aromatic nitrogens is 5. The van der Waals surface area contributed by atoms with E-state index in [1.165, 1.54) is 7.11 Å². The van der Waals surface area contributed by atoms with Crippen molar-refractivity contribution in [2.75, 3.05) is 21.3 Å². The molecule has 4 heterocycles. The molecule has 0 amide bonds. The number of aromatic hydroxyl groups is 1. The van der Waals surface area contributed by atoms with Gasteiger partial charge in [-0.15, -0.1) is 0 Å². The summed E-state index contributed by atoms with van der Waals surface area (Å²) in [4.78, 5) is 8.96. The first-order valence-electron chi connectivity index (χ1n) is 9.45. The number of nitrogens with zero attached hydrogens (tertiary/aromatic N) is 5. The molecule has 156 valence electrons. The Labute approximate surface area is 173 Å². The number of ether oxygens (including phenoxy) is 3. The third kappa shape index (κ3) is 3.33. The largest absolute Gasteiger partial charge is 0.494 e. The highest BCUT2D eigenvalue weighted by atomic mass is 16.5. The summed E-state index contributed by atoms with van der Waals surface area (Å²) in [5.41, 5.74) is 3.04. The van der Waals surface area contributed by atoms with Gasteiger partial charge in [-0.25, -0.2) is 9.97 Å². The molecule has 0 aliphatic carbocycles. The van der Waals surface area contributed by atoms with Crippen molar-refractivity contribution in [3.05, 3.63) is 42.4 Å². The van der Waals surface area contributed by atoms with E-state index in [2.05, 4.69) is 10.1 Å². The Hall–Kier alpha value is -3.59. The van der Waals surface area contributed by atoms with Crippen molar-refractivity contribution < 1.29 is 19.3 Å². The lowest BCUT2D eigenvalue weighted by molar-refractivity contribution is 0.177. The quantitative estimate of drug-likeness (QED) is 0.501. The second kappa shape index (κ2) is 8.03. The summed E-state index contributed by atoms with van der Waals surface area (Å²) in [7, 11) is 4.74. The minimum atomic E-state index is 0.0826. The SMILES string of the molecule is CCn1nc(-n2cc3nc(-c4cnc(OC)c(OC)c4)ccc3c2O)cc1COC. The molecule has 0 atom stereocenters. The van der Waals surface area contributed by atoms with Crippen molar-refractivity contribution in [3.63, 3.8) is 0 Å². The van der Waals surface area contributed by atoms with E-state index in [9.17, 15) is 5.11 Å². The lowest BCUT2D eigenvalue weighted by Crippen LogP contribution is -2.03. The van der Waals surface area contributed by atoms with E-state index < -0.39 is 0 Å². The van der Waals surface area contributed by atoms with Crippen molar-refractivity contribution in [1.29, 1.82) is 0 Å². The summed E-state index contributed by atoms with van der Waals surface area (Å²) in [5, 5.41) is 15.9. The Morgan fingerprint density at radius 1 is 1.10 bits per heavy atom. The Bertz CT molecular complexity index is 1200. The molecule has 30 heavy (non-hydrogen) atoms. The van der Waals surface area contributed by atoms with Crippen LogP contribution in [-0.4, -0.2) is 50.8 Å². The number of aryl methyl sites for hydroxylation is 1. The Morgan fingerprint density at radius 2 is 1.93 bits per heavy atom. The number of hydrogen-bond acceptors (Lipinski definition) is 7. The summed E-state index contributed by atoms with van der Waals surface area (Å²) in [6.45, 7) is 3.15. The van der Waals surface area contributed by atoms with Crippen LogP contribution >= 0.6 is 0 Å². The molecular formula is C21H23N5O4. The fourth-order valence-corrected chi connectivity index (χ4v) is 3.38. The minimum absolute atomic E-state index is 0.0826. The van der Waals surface area contributed by atoms with E-state index >= 15 is 0 Å². The van der Waals surface area contributed by atoms with E-state index in [1.54, 1.807) is 31.2 Å². The van der Waals surface area contributed by atoms with Crippen molar-refractivity contribution in [2.24, 2.45) is 0 Å². The van der Waals surface area contributed by atoms with Crippen LogP contribution in [0.5, 0.6) is 17.5 Å². The molecule has 0 aromatic carbocycles. The molecule has 0 saturated carbocycles. The highest BCUT2D eigenvalue weighted by Gasteiger charge is 2.16. The summed E-state index contributed by atoms with van der Waals surface area (Å²) in [6, 6.07) is 7.37. The van der Waals surface area contributed by atoms with Crippen LogP contribution in [0.25, 0.3) is 28.0 Å². The normalized spacial score (nSPS) is 11.2. The smallest absolute Gasteiger partial charge is 0.256 e. The molecule has 1 N–H and O–H groups in total. The van der Waals surface area contributed by atoms with Crippen LogP contribution in [-0.2, 0) is 17.9 Å². The summed E-state index contributed by atoms with van der Waals surface area (Å²) >= 11 is 0. The monoisotopic (exact) mass is 409 g/mol. The van der Waals surface area contributed by atoms with Gasteiger partial charge in [-0.2, -0.15) is 5.10 Å². The lowest BCUT2D eigenvalue weighted by Gasteiger charge is -2.08. The van der Waals surface area contributed by atoms with E-state index in [4.69, 9.17) is 19.2 Å². The van der Waals surface area contributed by atoms with Crippen LogP contribution in [0.2, 0.25) is 0 Å². The zero-order valence-corrected chi connectivity index (χ0v) is 17.3. The predicted molar refractivity (Wildman–Crippen MR) is 111 cm³/mol. The molecule has 0 spiro atoms. The maximum absolute atomic E-state index is 10.8. The molecular weight excluding hydrogens is 386 g/mol. The van der Waals surface area contributed by atoms with E-state index in [-0.39, 0.29) is 5.88 Å². The second-order valence-corrected chi connectivity index (χ2v) is 6.63. The van der Waals surface area contributed by atoms with Crippen molar-refractivity contribution in [2.45, 2.75) is 20.1 Å². The molecule has 0 bridgehead atoms. The fraction of sp³-hybridized carbons (Fsp3) is 0.286. The second-order valence-electron chi connectivity index (χ2n) is 6.63.